The van der Waals surface area contributed by atoms with Gasteiger partial charge < -0.3 is 10.2 Å². The molecule has 1 saturated carbocycles. The number of nitrogens with zero attached hydrogens (tertiary/aromatic N) is 1. The van der Waals surface area contributed by atoms with Crippen LogP contribution in [0.25, 0.3) is 0 Å². The molecule has 2 amide bonds. The van der Waals surface area contributed by atoms with Crippen molar-refractivity contribution in [2.45, 2.75) is 72.9 Å². The molecule has 2 aliphatic rings. The number of rotatable bonds is 3. The number of hydrogen-bond acceptors (Lipinski definition) is 2. The molecule has 2 fully saturated rings. The van der Waals surface area contributed by atoms with Gasteiger partial charge in [0.25, 0.3) is 0 Å². The molecule has 1 heterocycles. The number of nitrogens with one attached hydrogen (secondary N) is 1. The van der Waals surface area contributed by atoms with Crippen molar-refractivity contribution >= 4 is 11.8 Å². The average Bonchev–Trinajstić information content (AvgIpc) is 3.10. The summed E-state index contributed by atoms with van der Waals surface area (Å²) in [5.74, 6) is 0.508. The Morgan fingerprint density at radius 1 is 1.10 bits per heavy atom. The van der Waals surface area contributed by atoms with Gasteiger partial charge in [0.15, 0.2) is 0 Å². The van der Waals surface area contributed by atoms with Crippen LogP contribution in [0.3, 0.4) is 0 Å². The summed E-state index contributed by atoms with van der Waals surface area (Å²) in [5, 5.41) is 2.98. The molecule has 4 heteroatoms. The standard InChI is InChI=1S/C17H30N2O2/c1-16(2,3)9-10-19-13(17(4,5)6)14(20)18-12(15(19)21)11-7-8-11/h11-13H,7-10H2,1-6H3,(H,18,20). The van der Waals surface area contributed by atoms with Crippen molar-refractivity contribution < 1.29 is 9.59 Å². The molecule has 4 nitrogen and oxygen atoms in total. The topological polar surface area (TPSA) is 49.4 Å². The normalized spacial score (nSPS) is 27.8. The van der Waals surface area contributed by atoms with Gasteiger partial charge in [-0.05, 0) is 36.0 Å². The zero-order valence-electron chi connectivity index (χ0n) is 14.3. The van der Waals surface area contributed by atoms with E-state index in [-0.39, 0.29) is 34.7 Å². The lowest BCUT2D eigenvalue weighted by Gasteiger charge is -2.45. The minimum atomic E-state index is -0.359. The Bertz CT molecular complexity index is 427. The summed E-state index contributed by atoms with van der Waals surface area (Å²) in [6, 6.07) is -0.640. The molecule has 0 aromatic rings. The third-order valence-corrected chi connectivity index (χ3v) is 4.42. The van der Waals surface area contributed by atoms with E-state index in [1.54, 1.807) is 0 Å². The quantitative estimate of drug-likeness (QED) is 0.869. The van der Waals surface area contributed by atoms with Crippen molar-refractivity contribution in [1.82, 2.24) is 10.2 Å². The van der Waals surface area contributed by atoms with Crippen LogP contribution in [-0.4, -0.2) is 35.3 Å². The number of carbonyl (C=O) groups excluding carboxylic acids is 2. The first kappa shape index (κ1) is 16.3. The predicted molar refractivity (Wildman–Crippen MR) is 83.7 cm³/mol. The number of amides is 2. The molecule has 0 aromatic carbocycles. The minimum Gasteiger partial charge on any atom is -0.342 e. The Kier molecular flexibility index (Phi) is 4.11. The van der Waals surface area contributed by atoms with E-state index in [4.69, 9.17) is 0 Å². The summed E-state index contributed by atoms with van der Waals surface area (Å²) in [6.07, 6.45) is 3.03. The Labute approximate surface area is 128 Å². The van der Waals surface area contributed by atoms with E-state index < -0.39 is 0 Å². The summed E-state index contributed by atoms with van der Waals surface area (Å²) in [5.41, 5.74) is -0.0855. The summed E-state index contributed by atoms with van der Waals surface area (Å²) >= 11 is 0. The maximum atomic E-state index is 12.8. The summed E-state index contributed by atoms with van der Waals surface area (Å²) in [4.78, 5) is 27.3. The van der Waals surface area contributed by atoms with E-state index in [1.807, 2.05) is 25.7 Å². The molecule has 0 aromatic heterocycles. The van der Waals surface area contributed by atoms with Gasteiger partial charge >= 0.3 is 0 Å². The van der Waals surface area contributed by atoms with Crippen LogP contribution in [0.4, 0.5) is 0 Å². The van der Waals surface area contributed by atoms with Gasteiger partial charge in [-0.2, -0.15) is 0 Å². The van der Waals surface area contributed by atoms with Crippen molar-refractivity contribution in [1.29, 1.82) is 0 Å². The molecule has 1 aliphatic carbocycles. The van der Waals surface area contributed by atoms with Crippen LogP contribution in [0.5, 0.6) is 0 Å². The molecule has 0 radical (unpaired) electrons. The third kappa shape index (κ3) is 3.78. The third-order valence-electron chi connectivity index (χ3n) is 4.42. The molecule has 0 spiro atoms. The first-order chi connectivity index (χ1) is 9.50. The molecule has 120 valence electrons. The Morgan fingerprint density at radius 3 is 2.10 bits per heavy atom. The molecule has 0 bridgehead atoms. The Morgan fingerprint density at radius 2 is 1.67 bits per heavy atom. The van der Waals surface area contributed by atoms with Crippen molar-refractivity contribution in [3.8, 4) is 0 Å². The largest absolute Gasteiger partial charge is 0.342 e. The highest BCUT2D eigenvalue weighted by Crippen LogP contribution is 2.37. The summed E-state index contributed by atoms with van der Waals surface area (Å²) < 4.78 is 0. The van der Waals surface area contributed by atoms with E-state index in [0.717, 1.165) is 19.3 Å². The smallest absolute Gasteiger partial charge is 0.246 e. The van der Waals surface area contributed by atoms with E-state index in [9.17, 15) is 9.59 Å². The second kappa shape index (κ2) is 5.29. The average molecular weight is 294 g/mol. The zero-order chi connectivity index (χ0) is 16.0. The highest BCUT2D eigenvalue weighted by atomic mass is 16.2. The molecule has 21 heavy (non-hydrogen) atoms. The van der Waals surface area contributed by atoms with E-state index in [1.165, 1.54) is 0 Å². The van der Waals surface area contributed by atoms with Gasteiger partial charge in [0.2, 0.25) is 11.8 Å². The summed E-state index contributed by atoms with van der Waals surface area (Å²) in [6.45, 7) is 13.3. The molecule has 1 aliphatic heterocycles. The zero-order valence-corrected chi connectivity index (χ0v) is 14.3. The van der Waals surface area contributed by atoms with Gasteiger partial charge in [0.1, 0.15) is 12.1 Å². The molecule has 2 unspecified atom stereocenters. The second-order valence-corrected chi connectivity index (χ2v) is 8.93. The van der Waals surface area contributed by atoms with Crippen LogP contribution in [-0.2, 0) is 9.59 Å². The maximum Gasteiger partial charge on any atom is 0.246 e. The number of carbonyl (C=O) groups is 2. The first-order valence-corrected chi connectivity index (χ1v) is 8.11. The Hall–Kier alpha value is -1.06. The van der Waals surface area contributed by atoms with Gasteiger partial charge in [-0.3, -0.25) is 9.59 Å². The van der Waals surface area contributed by atoms with Gasteiger partial charge in [0, 0.05) is 6.54 Å². The predicted octanol–water partition coefficient (Wildman–Crippen LogP) is 2.57. The van der Waals surface area contributed by atoms with Gasteiger partial charge in [-0.25, -0.2) is 0 Å². The van der Waals surface area contributed by atoms with Crippen LogP contribution in [0.15, 0.2) is 0 Å². The van der Waals surface area contributed by atoms with Gasteiger partial charge in [-0.15, -0.1) is 0 Å². The monoisotopic (exact) mass is 294 g/mol. The lowest BCUT2D eigenvalue weighted by Crippen LogP contribution is -2.67. The Balaban J connectivity index is 2.21. The number of hydrogen-bond donors (Lipinski definition) is 1. The van der Waals surface area contributed by atoms with Crippen LogP contribution >= 0.6 is 0 Å². The van der Waals surface area contributed by atoms with Gasteiger partial charge in [0.05, 0.1) is 0 Å². The fraction of sp³-hybridized carbons (Fsp3) is 0.882. The van der Waals surface area contributed by atoms with Crippen LogP contribution < -0.4 is 5.32 Å². The molecular formula is C17H30N2O2. The maximum absolute atomic E-state index is 12.8. The number of piperazine rings is 1. The van der Waals surface area contributed by atoms with Crippen LogP contribution in [0, 0.1) is 16.7 Å². The molecule has 1 saturated heterocycles. The summed E-state index contributed by atoms with van der Waals surface area (Å²) in [7, 11) is 0. The molecule has 2 atom stereocenters. The lowest BCUT2D eigenvalue weighted by atomic mass is 9.82. The van der Waals surface area contributed by atoms with E-state index in [0.29, 0.717) is 12.5 Å². The van der Waals surface area contributed by atoms with Crippen molar-refractivity contribution in [2.24, 2.45) is 16.7 Å². The van der Waals surface area contributed by atoms with Crippen LogP contribution in [0.2, 0.25) is 0 Å². The first-order valence-electron chi connectivity index (χ1n) is 8.11. The lowest BCUT2D eigenvalue weighted by molar-refractivity contribution is -0.154. The van der Waals surface area contributed by atoms with Gasteiger partial charge in [-0.1, -0.05) is 41.5 Å². The highest BCUT2D eigenvalue weighted by molar-refractivity contribution is 5.97. The minimum absolute atomic E-state index is 0.0212. The van der Waals surface area contributed by atoms with Crippen molar-refractivity contribution in [2.75, 3.05) is 6.54 Å². The second-order valence-electron chi connectivity index (χ2n) is 8.93. The van der Waals surface area contributed by atoms with E-state index in [2.05, 4.69) is 26.1 Å². The highest BCUT2D eigenvalue weighted by Gasteiger charge is 2.50. The molecule has 2 rings (SSSR count). The van der Waals surface area contributed by atoms with E-state index >= 15 is 0 Å². The molecule has 1 N–H and O–H groups in total. The van der Waals surface area contributed by atoms with Crippen molar-refractivity contribution in [3.05, 3.63) is 0 Å². The molecular weight excluding hydrogens is 264 g/mol. The van der Waals surface area contributed by atoms with Crippen LogP contribution in [0.1, 0.15) is 60.8 Å². The SMILES string of the molecule is CC(C)(C)CCN1C(=O)C(C2CC2)NC(=O)C1C(C)(C)C. The van der Waals surface area contributed by atoms with Crippen molar-refractivity contribution in [3.63, 3.8) is 0 Å². The fourth-order valence-corrected chi connectivity index (χ4v) is 3.05. The fourth-order valence-electron chi connectivity index (χ4n) is 3.05.